The van der Waals surface area contributed by atoms with E-state index in [9.17, 15) is 0 Å². The molecular weight excluding hydrogens is 246 g/mol. The maximum atomic E-state index is 5.17. The molecule has 0 spiro atoms. The molecular formula is C18H31NO. The summed E-state index contributed by atoms with van der Waals surface area (Å²) < 4.78 is 5.17. The average Bonchev–Trinajstić information content (AvgIpc) is 2.48. The zero-order chi connectivity index (χ0) is 16.0. The number of benzene rings is 1. The van der Waals surface area contributed by atoms with Crippen molar-refractivity contribution in [2.24, 2.45) is 0 Å². The van der Waals surface area contributed by atoms with Crippen LogP contribution < -0.4 is 10.1 Å². The van der Waals surface area contributed by atoms with Gasteiger partial charge in [-0.05, 0) is 51.0 Å². The van der Waals surface area contributed by atoms with Crippen molar-refractivity contribution < 1.29 is 4.74 Å². The first kappa shape index (κ1) is 20.6. The molecule has 0 aliphatic carbocycles. The maximum absolute atomic E-state index is 5.17. The highest BCUT2D eigenvalue weighted by molar-refractivity contribution is 5.34. The lowest BCUT2D eigenvalue weighted by Gasteiger charge is -2.10. The summed E-state index contributed by atoms with van der Waals surface area (Å²) in [5.41, 5.74) is 3.49. The lowest BCUT2D eigenvalue weighted by molar-refractivity contribution is 0.414. The third-order valence-electron chi connectivity index (χ3n) is 2.47. The monoisotopic (exact) mass is 277 g/mol. The van der Waals surface area contributed by atoms with Gasteiger partial charge in [0, 0.05) is 12.2 Å². The minimum atomic E-state index is 0.804. The minimum absolute atomic E-state index is 0.804. The predicted octanol–water partition coefficient (Wildman–Crippen LogP) is 5.24. The molecule has 0 unspecified atom stereocenters. The molecule has 2 heteroatoms. The number of hydrogen-bond acceptors (Lipinski definition) is 2. The number of rotatable bonds is 4. The quantitative estimate of drug-likeness (QED) is 0.760. The van der Waals surface area contributed by atoms with Gasteiger partial charge in [-0.15, -0.1) is 0 Å². The summed E-state index contributed by atoms with van der Waals surface area (Å²) in [6.45, 7) is 16.7. The van der Waals surface area contributed by atoms with E-state index in [1.165, 1.54) is 11.1 Å². The second kappa shape index (κ2) is 13.7. The summed E-state index contributed by atoms with van der Waals surface area (Å²) in [7, 11) is 1.68. The molecule has 114 valence electrons. The van der Waals surface area contributed by atoms with E-state index in [4.69, 9.17) is 4.74 Å². The average molecular weight is 277 g/mol. The van der Waals surface area contributed by atoms with Crippen LogP contribution in [0.15, 0.2) is 42.6 Å². The smallest absolute Gasteiger partial charge is 0.119 e. The molecule has 0 atom stereocenters. The standard InChI is InChI=1S/C12H17NO.C4H8.C2H6/c1-9(2)13-8-11-7-12(14-4)6-5-10(11)3;1-3-4-2;1-2/h5-7,13H,1,8H2,2-4H3;3-4H,1-2H3;1-2H3/b;4-3-;. The molecule has 1 N–H and O–H groups in total. The van der Waals surface area contributed by atoms with Gasteiger partial charge in [0.15, 0.2) is 0 Å². The summed E-state index contributed by atoms with van der Waals surface area (Å²) in [5.74, 6) is 0.897. The molecule has 1 aromatic carbocycles. The molecule has 2 nitrogen and oxygen atoms in total. The van der Waals surface area contributed by atoms with E-state index in [-0.39, 0.29) is 0 Å². The normalized spacial score (nSPS) is 8.95. The van der Waals surface area contributed by atoms with Crippen LogP contribution in [0, 0.1) is 6.92 Å². The molecule has 0 heterocycles. The van der Waals surface area contributed by atoms with Gasteiger partial charge < -0.3 is 10.1 Å². The Morgan fingerprint density at radius 2 is 1.80 bits per heavy atom. The number of aryl methyl sites for hydroxylation is 1. The van der Waals surface area contributed by atoms with Gasteiger partial charge in [0.1, 0.15) is 5.75 Å². The van der Waals surface area contributed by atoms with Crippen molar-refractivity contribution in [1.29, 1.82) is 0 Å². The van der Waals surface area contributed by atoms with E-state index in [1.54, 1.807) is 7.11 Å². The molecule has 20 heavy (non-hydrogen) atoms. The maximum Gasteiger partial charge on any atom is 0.119 e. The molecule has 0 aromatic heterocycles. The highest BCUT2D eigenvalue weighted by atomic mass is 16.5. The number of allylic oxidation sites excluding steroid dienone is 3. The number of hydrogen-bond donors (Lipinski definition) is 1. The van der Waals surface area contributed by atoms with Crippen LogP contribution in [0.4, 0.5) is 0 Å². The molecule has 0 radical (unpaired) electrons. The van der Waals surface area contributed by atoms with Gasteiger partial charge in [-0.2, -0.15) is 0 Å². The first-order chi connectivity index (χ1) is 9.54. The van der Waals surface area contributed by atoms with Gasteiger partial charge in [-0.25, -0.2) is 0 Å². The Labute approximate surface area is 125 Å². The molecule has 0 fully saturated rings. The number of methoxy groups -OCH3 is 1. The Morgan fingerprint density at radius 3 is 2.20 bits per heavy atom. The fourth-order valence-corrected chi connectivity index (χ4v) is 1.21. The Morgan fingerprint density at radius 1 is 1.25 bits per heavy atom. The van der Waals surface area contributed by atoms with Crippen molar-refractivity contribution in [3.63, 3.8) is 0 Å². The number of ether oxygens (including phenoxy) is 1. The van der Waals surface area contributed by atoms with Crippen LogP contribution in [0.5, 0.6) is 5.75 Å². The Hall–Kier alpha value is -1.70. The van der Waals surface area contributed by atoms with Gasteiger partial charge in [-0.3, -0.25) is 0 Å². The van der Waals surface area contributed by atoms with Gasteiger partial charge >= 0.3 is 0 Å². The Kier molecular flexibility index (Phi) is 14.1. The van der Waals surface area contributed by atoms with Crippen LogP contribution in [0.3, 0.4) is 0 Å². The fraction of sp³-hybridized carbons (Fsp3) is 0.444. The predicted molar refractivity (Wildman–Crippen MR) is 91.2 cm³/mol. The molecule has 0 saturated carbocycles. The fourth-order valence-electron chi connectivity index (χ4n) is 1.21. The van der Waals surface area contributed by atoms with E-state index in [0.29, 0.717) is 0 Å². The summed E-state index contributed by atoms with van der Waals surface area (Å²) in [6, 6.07) is 6.08. The topological polar surface area (TPSA) is 21.3 Å². The van der Waals surface area contributed by atoms with Crippen molar-refractivity contribution in [2.45, 2.75) is 48.1 Å². The zero-order valence-corrected chi connectivity index (χ0v) is 14.2. The van der Waals surface area contributed by atoms with Crippen molar-refractivity contribution in [2.75, 3.05) is 7.11 Å². The lowest BCUT2D eigenvalue weighted by Crippen LogP contribution is -2.10. The summed E-state index contributed by atoms with van der Waals surface area (Å²) >= 11 is 0. The SMILES string of the molecule is C/C=C\C.C=C(C)NCc1cc(OC)ccc1C.CC. The van der Waals surface area contributed by atoms with Gasteiger partial charge in [0.05, 0.1) is 7.11 Å². The van der Waals surface area contributed by atoms with Crippen LogP contribution in [-0.4, -0.2) is 7.11 Å². The second-order valence-corrected chi connectivity index (χ2v) is 4.09. The van der Waals surface area contributed by atoms with E-state index in [2.05, 4.69) is 24.9 Å². The van der Waals surface area contributed by atoms with Crippen molar-refractivity contribution in [3.05, 3.63) is 53.8 Å². The Bertz CT molecular complexity index is 390. The van der Waals surface area contributed by atoms with Crippen LogP contribution in [0.2, 0.25) is 0 Å². The molecule has 1 aromatic rings. The van der Waals surface area contributed by atoms with Crippen LogP contribution in [-0.2, 0) is 6.54 Å². The zero-order valence-electron chi connectivity index (χ0n) is 14.2. The first-order valence-corrected chi connectivity index (χ1v) is 7.15. The molecule has 0 aliphatic rings. The summed E-state index contributed by atoms with van der Waals surface area (Å²) in [4.78, 5) is 0. The van der Waals surface area contributed by atoms with Crippen LogP contribution >= 0.6 is 0 Å². The first-order valence-electron chi connectivity index (χ1n) is 7.15. The molecule has 0 bridgehead atoms. The number of nitrogens with one attached hydrogen (secondary N) is 1. The molecule has 1 rings (SSSR count). The van der Waals surface area contributed by atoms with Crippen molar-refractivity contribution in [1.82, 2.24) is 5.32 Å². The highest BCUT2D eigenvalue weighted by Gasteiger charge is 1.99. The third kappa shape index (κ3) is 10.2. The minimum Gasteiger partial charge on any atom is -0.497 e. The molecule has 0 saturated heterocycles. The van der Waals surface area contributed by atoms with Crippen molar-refractivity contribution in [3.8, 4) is 5.75 Å². The van der Waals surface area contributed by atoms with E-state index in [0.717, 1.165) is 18.0 Å². The summed E-state index contributed by atoms with van der Waals surface area (Å²) in [5, 5.41) is 3.20. The molecule has 0 aliphatic heterocycles. The van der Waals surface area contributed by atoms with Gasteiger partial charge in [0.2, 0.25) is 0 Å². The van der Waals surface area contributed by atoms with E-state index >= 15 is 0 Å². The van der Waals surface area contributed by atoms with Crippen LogP contribution in [0.1, 0.15) is 45.7 Å². The largest absolute Gasteiger partial charge is 0.497 e. The third-order valence-corrected chi connectivity index (χ3v) is 2.47. The molecule has 0 amide bonds. The van der Waals surface area contributed by atoms with Gasteiger partial charge in [0.25, 0.3) is 0 Å². The highest BCUT2D eigenvalue weighted by Crippen LogP contribution is 2.16. The van der Waals surface area contributed by atoms with E-state index in [1.807, 2.05) is 58.9 Å². The van der Waals surface area contributed by atoms with Gasteiger partial charge in [-0.1, -0.05) is 38.6 Å². The van der Waals surface area contributed by atoms with Crippen LogP contribution in [0.25, 0.3) is 0 Å². The lowest BCUT2D eigenvalue weighted by atomic mass is 10.1. The second-order valence-electron chi connectivity index (χ2n) is 4.09. The van der Waals surface area contributed by atoms with Crippen molar-refractivity contribution >= 4 is 0 Å². The van der Waals surface area contributed by atoms with E-state index < -0.39 is 0 Å². The summed E-state index contributed by atoms with van der Waals surface area (Å²) in [6.07, 6.45) is 4.00. The Balaban J connectivity index is 0.